The van der Waals surface area contributed by atoms with Crippen molar-refractivity contribution in [1.82, 2.24) is 15.5 Å². The van der Waals surface area contributed by atoms with Gasteiger partial charge in [0.2, 0.25) is 0 Å². The normalized spacial score (nSPS) is 23.1. The Hall–Kier alpha value is -0.120. The van der Waals surface area contributed by atoms with Crippen molar-refractivity contribution in [3.63, 3.8) is 0 Å². The number of rotatable bonds is 7. The average molecular weight is 199 g/mol. The maximum Gasteiger partial charge on any atom is 0.00192 e. The molecular weight excluding hydrogens is 174 g/mol. The molecule has 1 saturated heterocycles. The average Bonchev–Trinajstić information content (AvgIpc) is 2.58. The quantitative estimate of drug-likeness (QED) is 0.586. The van der Waals surface area contributed by atoms with Gasteiger partial charge in [-0.25, -0.2) is 0 Å². The molecule has 0 saturated carbocycles. The Kier molecular flexibility index (Phi) is 6.15. The minimum Gasteiger partial charge on any atom is -0.320 e. The molecule has 0 aromatic rings. The molecule has 1 aliphatic heterocycles. The molecule has 2 N–H and O–H groups in total. The van der Waals surface area contributed by atoms with Gasteiger partial charge in [0.05, 0.1) is 0 Å². The lowest BCUT2D eigenvalue weighted by Crippen LogP contribution is -2.26. The standard InChI is InChI=1S/C11H25N3/c1-12-6-3-4-7-13-9-11-5-8-14(2)10-11/h11-13H,3-10H2,1-2H3. The van der Waals surface area contributed by atoms with Crippen molar-refractivity contribution in [3.8, 4) is 0 Å². The fourth-order valence-corrected chi connectivity index (χ4v) is 2.05. The summed E-state index contributed by atoms with van der Waals surface area (Å²) in [6.45, 7) is 6.11. The van der Waals surface area contributed by atoms with Crippen molar-refractivity contribution in [3.05, 3.63) is 0 Å². The number of likely N-dealkylation sites (tertiary alicyclic amines) is 1. The first kappa shape index (κ1) is 12.0. The largest absolute Gasteiger partial charge is 0.320 e. The fourth-order valence-electron chi connectivity index (χ4n) is 2.05. The van der Waals surface area contributed by atoms with Gasteiger partial charge in [-0.1, -0.05) is 0 Å². The van der Waals surface area contributed by atoms with Crippen LogP contribution in [0.3, 0.4) is 0 Å². The van der Waals surface area contributed by atoms with E-state index < -0.39 is 0 Å². The third-order valence-electron chi connectivity index (χ3n) is 2.95. The van der Waals surface area contributed by atoms with E-state index in [9.17, 15) is 0 Å². The highest BCUT2D eigenvalue weighted by molar-refractivity contribution is 4.74. The molecule has 0 aromatic heterocycles. The van der Waals surface area contributed by atoms with Crippen LogP contribution in [0, 0.1) is 5.92 Å². The van der Waals surface area contributed by atoms with Crippen LogP contribution in [-0.2, 0) is 0 Å². The molecule has 1 aliphatic rings. The first-order chi connectivity index (χ1) is 6.83. The van der Waals surface area contributed by atoms with E-state index in [2.05, 4.69) is 22.6 Å². The summed E-state index contributed by atoms with van der Waals surface area (Å²) in [6.07, 6.45) is 3.96. The monoisotopic (exact) mass is 199 g/mol. The van der Waals surface area contributed by atoms with E-state index in [1.54, 1.807) is 0 Å². The van der Waals surface area contributed by atoms with Crippen molar-refractivity contribution in [2.75, 3.05) is 46.8 Å². The zero-order chi connectivity index (χ0) is 10.2. The molecule has 14 heavy (non-hydrogen) atoms. The summed E-state index contributed by atoms with van der Waals surface area (Å²) in [7, 11) is 4.23. The van der Waals surface area contributed by atoms with Crippen LogP contribution in [0.15, 0.2) is 0 Å². The lowest BCUT2D eigenvalue weighted by molar-refractivity contribution is 0.388. The summed E-state index contributed by atoms with van der Waals surface area (Å²) in [5, 5.41) is 6.72. The second kappa shape index (κ2) is 7.21. The van der Waals surface area contributed by atoms with E-state index in [4.69, 9.17) is 0 Å². The molecule has 0 radical (unpaired) electrons. The molecule has 0 bridgehead atoms. The Morgan fingerprint density at radius 1 is 1.29 bits per heavy atom. The topological polar surface area (TPSA) is 27.3 Å². The van der Waals surface area contributed by atoms with Gasteiger partial charge in [0, 0.05) is 6.54 Å². The molecule has 1 atom stereocenters. The fraction of sp³-hybridized carbons (Fsp3) is 1.00. The van der Waals surface area contributed by atoms with Crippen LogP contribution in [0.2, 0.25) is 0 Å². The molecule has 0 aromatic carbocycles. The van der Waals surface area contributed by atoms with Crippen molar-refractivity contribution in [2.45, 2.75) is 19.3 Å². The zero-order valence-electron chi connectivity index (χ0n) is 9.68. The predicted octanol–water partition coefficient (Wildman–Crippen LogP) is 0.527. The van der Waals surface area contributed by atoms with Crippen molar-refractivity contribution in [2.24, 2.45) is 5.92 Å². The van der Waals surface area contributed by atoms with E-state index in [0.29, 0.717) is 0 Å². The van der Waals surface area contributed by atoms with Crippen LogP contribution in [0.4, 0.5) is 0 Å². The van der Waals surface area contributed by atoms with Crippen molar-refractivity contribution < 1.29 is 0 Å². The van der Waals surface area contributed by atoms with Gasteiger partial charge >= 0.3 is 0 Å². The van der Waals surface area contributed by atoms with E-state index >= 15 is 0 Å². The molecule has 1 rings (SSSR count). The van der Waals surface area contributed by atoms with Crippen LogP contribution < -0.4 is 10.6 Å². The highest BCUT2D eigenvalue weighted by Gasteiger charge is 2.18. The lowest BCUT2D eigenvalue weighted by Gasteiger charge is -2.11. The van der Waals surface area contributed by atoms with E-state index in [0.717, 1.165) is 12.5 Å². The summed E-state index contributed by atoms with van der Waals surface area (Å²) in [6, 6.07) is 0. The summed E-state index contributed by atoms with van der Waals surface area (Å²) in [5.41, 5.74) is 0. The molecule has 0 aliphatic carbocycles. The summed E-state index contributed by atoms with van der Waals surface area (Å²) in [5.74, 6) is 0.893. The van der Waals surface area contributed by atoms with E-state index in [1.165, 1.54) is 45.4 Å². The maximum absolute atomic E-state index is 3.55. The smallest absolute Gasteiger partial charge is 0.00192 e. The van der Waals surface area contributed by atoms with Crippen LogP contribution in [-0.4, -0.2) is 51.7 Å². The molecule has 0 amide bonds. The summed E-state index contributed by atoms with van der Waals surface area (Å²) in [4.78, 5) is 2.42. The maximum atomic E-state index is 3.55. The second-order valence-corrected chi connectivity index (χ2v) is 4.43. The Morgan fingerprint density at radius 2 is 2.07 bits per heavy atom. The van der Waals surface area contributed by atoms with Gasteiger partial charge in [0.1, 0.15) is 0 Å². The Balaban J connectivity index is 1.84. The van der Waals surface area contributed by atoms with E-state index in [1.807, 2.05) is 7.05 Å². The molecule has 1 fully saturated rings. The van der Waals surface area contributed by atoms with Crippen LogP contribution >= 0.6 is 0 Å². The first-order valence-corrected chi connectivity index (χ1v) is 5.87. The molecule has 3 nitrogen and oxygen atoms in total. The zero-order valence-corrected chi connectivity index (χ0v) is 9.68. The second-order valence-electron chi connectivity index (χ2n) is 4.43. The first-order valence-electron chi connectivity index (χ1n) is 5.87. The third kappa shape index (κ3) is 4.94. The van der Waals surface area contributed by atoms with Crippen LogP contribution in [0.1, 0.15) is 19.3 Å². The highest BCUT2D eigenvalue weighted by Crippen LogP contribution is 2.12. The van der Waals surface area contributed by atoms with Gasteiger partial charge in [-0.3, -0.25) is 0 Å². The minimum atomic E-state index is 0.893. The van der Waals surface area contributed by atoms with Gasteiger partial charge in [0.25, 0.3) is 0 Å². The van der Waals surface area contributed by atoms with Gasteiger partial charge in [0.15, 0.2) is 0 Å². The van der Waals surface area contributed by atoms with Crippen molar-refractivity contribution in [1.29, 1.82) is 0 Å². The van der Waals surface area contributed by atoms with Gasteiger partial charge in [-0.05, 0) is 65.5 Å². The minimum absolute atomic E-state index is 0.893. The Morgan fingerprint density at radius 3 is 2.71 bits per heavy atom. The Labute approximate surface area is 88.2 Å². The van der Waals surface area contributed by atoms with Crippen molar-refractivity contribution >= 4 is 0 Å². The molecule has 84 valence electrons. The predicted molar refractivity (Wildman–Crippen MR) is 61.6 cm³/mol. The molecular formula is C11H25N3. The highest BCUT2D eigenvalue weighted by atomic mass is 15.1. The van der Waals surface area contributed by atoms with Crippen LogP contribution in [0.25, 0.3) is 0 Å². The SMILES string of the molecule is CNCCCCNCC1CCN(C)C1. The van der Waals surface area contributed by atoms with Crippen LogP contribution in [0.5, 0.6) is 0 Å². The van der Waals surface area contributed by atoms with Gasteiger partial charge in [-0.15, -0.1) is 0 Å². The molecule has 3 heteroatoms. The lowest BCUT2D eigenvalue weighted by atomic mass is 10.1. The molecule has 0 spiro atoms. The van der Waals surface area contributed by atoms with E-state index in [-0.39, 0.29) is 0 Å². The number of nitrogens with one attached hydrogen (secondary N) is 2. The molecule has 1 unspecified atom stereocenters. The number of unbranched alkanes of at least 4 members (excludes halogenated alkanes) is 1. The number of hydrogen-bond acceptors (Lipinski definition) is 3. The number of hydrogen-bond donors (Lipinski definition) is 2. The van der Waals surface area contributed by atoms with Gasteiger partial charge in [-0.2, -0.15) is 0 Å². The summed E-state index contributed by atoms with van der Waals surface area (Å²) < 4.78 is 0. The van der Waals surface area contributed by atoms with Gasteiger partial charge < -0.3 is 15.5 Å². The molecule has 1 heterocycles. The summed E-state index contributed by atoms with van der Waals surface area (Å²) >= 11 is 0. The third-order valence-corrected chi connectivity index (χ3v) is 2.95. The number of nitrogens with zero attached hydrogens (tertiary/aromatic N) is 1. The Bertz CT molecular complexity index is 138.